The van der Waals surface area contributed by atoms with Crippen LogP contribution >= 0.6 is 0 Å². The zero-order valence-corrected chi connectivity index (χ0v) is 10.1. The van der Waals surface area contributed by atoms with Crippen molar-refractivity contribution in [3.63, 3.8) is 0 Å². The molecular weight excluding hydrogens is 200 g/mol. The predicted octanol–water partition coefficient (Wildman–Crippen LogP) is 0.701. The lowest BCUT2D eigenvalue weighted by molar-refractivity contribution is 0.556. The van der Waals surface area contributed by atoms with Crippen LogP contribution in [-0.4, -0.2) is 9.13 Å². The summed E-state index contributed by atoms with van der Waals surface area (Å²) >= 11 is 0. The van der Waals surface area contributed by atoms with Crippen LogP contribution in [0.2, 0.25) is 0 Å². The minimum absolute atomic E-state index is 0.0294. The molecule has 0 aliphatic rings. The van der Waals surface area contributed by atoms with Gasteiger partial charge in [-0.2, -0.15) is 0 Å². The van der Waals surface area contributed by atoms with Crippen molar-refractivity contribution >= 4 is 12.7 Å². The first-order valence-electron chi connectivity index (χ1n) is 5.26. The summed E-state index contributed by atoms with van der Waals surface area (Å²) in [5.74, 6) is 0. The van der Waals surface area contributed by atoms with E-state index in [0.29, 0.717) is 0 Å². The van der Waals surface area contributed by atoms with Crippen LogP contribution in [0.5, 0.6) is 0 Å². The number of nitrogens with zero attached hydrogens (tertiary/aromatic N) is 2. The molecule has 0 amide bonds. The molecule has 0 atom stereocenters. The lowest BCUT2D eigenvalue weighted by Gasteiger charge is -2.04. The first-order chi connectivity index (χ1) is 7.50. The molecular formula is C13H18N2O. The Kier molecular flexibility index (Phi) is 3.72. The quantitative estimate of drug-likeness (QED) is 0.686. The normalized spacial score (nSPS) is 12.9. The average Bonchev–Trinajstić information content (AvgIpc) is 2.44. The summed E-state index contributed by atoms with van der Waals surface area (Å²) in [5, 5.41) is 1.58. The molecule has 0 aliphatic heterocycles. The largest absolute Gasteiger partial charge is 0.329 e. The molecule has 1 aromatic rings. The molecule has 0 bridgehead atoms. The van der Waals surface area contributed by atoms with Gasteiger partial charge in [0, 0.05) is 13.1 Å². The zero-order valence-electron chi connectivity index (χ0n) is 10.1. The average molecular weight is 218 g/mol. The Morgan fingerprint density at radius 2 is 1.94 bits per heavy atom. The first kappa shape index (κ1) is 12.3. The van der Waals surface area contributed by atoms with E-state index in [0.717, 1.165) is 10.7 Å². The summed E-state index contributed by atoms with van der Waals surface area (Å²) in [4.78, 5) is 11.9. The molecule has 1 heterocycles. The van der Waals surface area contributed by atoms with Crippen LogP contribution < -0.4 is 16.4 Å². The van der Waals surface area contributed by atoms with Crippen molar-refractivity contribution in [3.8, 4) is 0 Å². The molecule has 0 unspecified atom stereocenters. The third-order valence-corrected chi connectivity index (χ3v) is 2.47. The fourth-order valence-corrected chi connectivity index (χ4v) is 1.59. The highest BCUT2D eigenvalue weighted by atomic mass is 16.1. The van der Waals surface area contributed by atoms with Gasteiger partial charge in [-0.1, -0.05) is 31.4 Å². The van der Waals surface area contributed by atoms with E-state index in [9.17, 15) is 4.79 Å². The monoisotopic (exact) mass is 218 g/mol. The number of aromatic nitrogens is 2. The van der Waals surface area contributed by atoms with Gasteiger partial charge in [0.25, 0.3) is 0 Å². The van der Waals surface area contributed by atoms with E-state index in [4.69, 9.17) is 0 Å². The third-order valence-electron chi connectivity index (χ3n) is 2.47. The van der Waals surface area contributed by atoms with Gasteiger partial charge in [-0.15, -0.1) is 0 Å². The Labute approximate surface area is 95.3 Å². The van der Waals surface area contributed by atoms with Crippen molar-refractivity contribution in [2.75, 3.05) is 0 Å². The van der Waals surface area contributed by atoms with Crippen molar-refractivity contribution in [2.45, 2.75) is 19.9 Å². The Balaban J connectivity index is 3.61. The van der Waals surface area contributed by atoms with Gasteiger partial charge in [0.05, 0.1) is 10.7 Å². The molecule has 0 N–H and O–H groups in total. The van der Waals surface area contributed by atoms with Gasteiger partial charge in [-0.05, 0) is 19.9 Å². The highest BCUT2D eigenvalue weighted by Gasteiger charge is 2.07. The van der Waals surface area contributed by atoms with E-state index in [2.05, 4.69) is 13.2 Å². The molecule has 0 spiro atoms. The summed E-state index contributed by atoms with van der Waals surface area (Å²) in [6.07, 6.45) is 7.25. The van der Waals surface area contributed by atoms with Crippen LogP contribution in [-0.2, 0) is 7.05 Å². The topological polar surface area (TPSA) is 26.9 Å². The number of hydrogen-bond donors (Lipinski definition) is 0. The van der Waals surface area contributed by atoms with E-state index in [1.54, 1.807) is 22.3 Å². The van der Waals surface area contributed by atoms with E-state index in [1.807, 2.05) is 32.1 Å². The Morgan fingerprint density at radius 3 is 2.44 bits per heavy atom. The van der Waals surface area contributed by atoms with Crippen LogP contribution in [0, 0.1) is 0 Å². The third kappa shape index (κ3) is 2.08. The van der Waals surface area contributed by atoms with Gasteiger partial charge in [-0.3, -0.25) is 9.13 Å². The van der Waals surface area contributed by atoms with E-state index in [-0.39, 0.29) is 11.7 Å². The number of hydrogen-bond acceptors (Lipinski definition) is 1. The van der Waals surface area contributed by atoms with Crippen molar-refractivity contribution in [2.24, 2.45) is 7.05 Å². The molecule has 3 nitrogen and oxygen atoms in total. The van der Waals surface area contributed by atoms with Crippen LogP contribution in [0.25, 0.3) is 12.7 Å². The first-order valence-corrected chi connectivity index (χ1v) is 5.26. The summed E-state index contributed by atoms with van der Waals surface area (Å²) in [7, 11) is 1.73. The van der Waals surface area contributed by atoms with Crippen molar-refractivity contribution < 1.29 is 0 Å². The van der Waals surface area contributed by atoms with E-state index >= 15 is 0 Å². The summed E-state index contributed by atoms with van der Waals surface area (Å²) in [6, 6.07) is 0.123. The minimum atomic E-state index is -0.0294. The Bertz CT molecular complexity index is 570. The number of rotatable bonds is 3. The standard InChI is InChI=1S/C13H18N2O/c1-6-7-8-9-12-11(4)14(5)13(16)15(12)10(2)3/h6-10H,1,4H2,2-3,5H3/b8-7-,12-9+. The molecule has 0 saturated carbocycles. The van der Waals surface area contributed by atoms with E-state index in [1.165, 1.54) is 0 Å². The van der Waals surface area contributed by atoms with E-state index < -0.39 is 0 Å². The maximum Gasteiger partial charge on any atom is 0.329 e. The SMILES string of the molecule is C=C/C=C\C=c1/c(=C)n(C)c(=O)n1C(C)C. The fourth-order valence-electron chi connectivity index (χ4n) is 1.59. The van der Waals surface area contributed by atoms with Crippen LogP contribution in [0.4, 0.5) is 0 Å². The molecule has 16 heavy (non-hydrogen) atoms. The predicted molar refractivity (Wildman–Crippen MR) is 68.6 cm³/mol. The molecule has 0 aliphatic carbocycles. The van der Waals surface area contributed by atoms with Crippen LogP contribution in [0.1, 0.15) is 19.9 Å². The van der Waals surface area contributed by atoms with Gasteiger partial charge < -0.3 is 0 Å². The lowest BCUT2D eigenvalue weighted by atomic mass is 10.3. The maximum atomic E-state index is 11.9. The van der Waals surface area contributed by atoms with Gasteiger partial charge in [-0.25, -0.2) is 4.79 Å². The molecule has 1 aromatic heterocycles. The smallest absolute Gasteiger partial charge is 0.296 e. The molecule has 0 aromatic carbocycles. The summed E-state index contributed by atoms with van der Waals surface area (Å²) in [6.45, 7) is 11.5. The molecule has 86 valence electrons. The summed E-state index contributed by atoms with van der Waals surface area (Å²) < 4.78 is 3.29. The summed E-state index contributed by atoms with van der Waals surface area (Å²) in [5.41, 5.74) is -0.0294. The second kappa shape index (κ2) is 4.84. The second-order valence-corrected chi connectivity index (χ2v) is 3.92. The second-order valence-electron chi connectivity index (χ2n) is 3.92. The fraction of sp³-hybridized carbons (Fsp3) is 0.308. The highest BCUT2D eigenvalue weighted by molar-refractivity contribution is 5.36. The van der Waals surface area contributed by atoms with Crippen molar-refractivity contribution in [1.29, 1.82) is 0 Å². The lowest BCUT2D eigenvalue weighted by Crippen LogP contribution is -2.32. The van der Waals surface area contributed by atoms with Crippen molar-refractivity contribution in [3.05, 3.63) is 46.0 Å². The van der Waals surface area contributed by atoms with Gasteiger partial charge >= 0.3 is 5.69 Å². The van der Waals surface area contributed by atoms with Gasteiger partial charge in [0.1, 0.15) is 0 Å². The Morgan fingerprint density at radius 1 is 1.31 bits per heavy atom. The zero-order chi connectivity index (χ0) is 12.3. The van der Waals surface area contributed by atoms with Gasteiger partial charge in [0.2, 0.25) is 0 Å². The molecule has 1 rings (SSSR count). The number of allylic oxidation sites excluding steroid dienone is 3. The van der Waals surface area contributed by atoms with Crippen LogP contribution in [0.15, 0.2) is 29.6 Å². The molecule has 0 fully saturated rings. The molecule has 0 radical (unpaired) electrons. The highest BCUT2D eigenvalue weighted by Crippen LogP contribution is 1.92. The molecule has 0 saturated heterocycles. The van der Waals surface area contributed by atoms with Gasteiger partial charge in [0.15, 0.2) is 0 Å². The Hall–Kier alpha value is -1.77. The maximum absolute atomic E-state index is 11.9. The van der Waals surface area contributed by atoms with Crippen molar-refractivity contribution in [1.82, 2.24) is 9.13 Å². The van der Waals surface area contributed by atoms with Crippen LogP contribution in [0.3, 0.4) is 0 Å². The minimum Gasteiger partial charge on any atom is -0.296 e. The molecule has 3 heteroatoms. The number of imidazole rings is 1.